The number of nitrogens with one attached hydrogen (secondary N) is 2. The second-order valence-corrected chi connectivity index (χ2v) is 5.69. The molecular weight excluding hydrogens is 274 g/mol. The molecule has 0 saturated heterocycles. The summed E-state index contributed by atoms with van der Waals surface area (Å²) >= 11 is 0. The van der Waals surface area contributed by atoms with Crippen molar-refractivity contribution in [1.29, 1.82) is 0 Å². The van der Waals surface area contributed by atoms with E-state index in [0.717, 1.165) is 6.07 Å². The van der Waals surface area contributed by atoms with Gasteiger partial charge in [0, 0.05) is 18.5 Å². The highest BCUT2D eigenvalue weighted by molar-refractivity contribution is 5.60. The fourth-order valence-corrected chi connectivity index (χ4v) is 1.71. The standard InChI is InChI=1S/C15H18F2N4/c1-15(2,3)14-20-11(18-4)8-12(21-14)19-10-7-5-6-9(16)13(10)17/h5-8H,1-4H3,(H2,18,19,20,21). The van der Waals surface area contributed by atoms with Crippen LogP contribution >= 0.6 is 0 Å². The summed E-state index contributed by atoms with van der Waals surface area (Å²) in [7, 11) is 1.74. The molecule has 6 heteroatoms. The Morgan fingerprint density at radius 2 is 1.71 bits per heavy atom. The van der Waals surface area contributed by atoms with E-state index in [2.05, 4.69) is 20.6 Å². The van der Waals surface area contributed by atoms with Gasteiger partial charge in [0.05, 0.1) is 5.69 Å². The fraction of sp³-hybridized carbons (Fsp3) is 0.333. The van der Waals surface area contributed by atoms with E-state index in [0.29, 0.717) is 17.5 Å². The van der Waals surface area contributed by atoms with Gasteiger partial charge in [-0.25, -0.2) is 18.7 Å². The summed E-state index contributed by atoms with van der Waals surface area (Å²) in [6.07, 6.45) is 0. The zero-order valence-electron chi connectivity index (χ0n) is 12.5. The van der Waals surface area contributed by atoms with Crippen molar-refractivity contribution >= 4 is 17.3 Å². The van der Waals surface area contributed by atoms with Gasteiger partial charge < -0.3 is 10.6 Å². The van der Waals surface area contributed by atoms with Crippen LogP contribution in [-0.2, 0) is 5.41 Å². The van der Waals surface area contributed by atoms with E-state index in [9.17, 15) is 8.78 Å². The van der Waals surface area contributed by atoms with Crippen LogP contribution in [0.2, 0.25) is 0 Å². The topological polar surface area (TPSA) is 49.8 Å². The number of nitrogens with zero attached hydrogens (tertiary/aromatic N) is 2. The molecule has 0 saturated carbocycles. The molecule has 2 aromatic rings. The van der Waals surface area contributed by atoms with Gasteiger partial charge in [0.15, 0.2) is 11.6 Å². The summed E-state index contributed by atoms with van der Waals surface area (Å²) in [6, 6.07) is 5.60. The molecule has 0 amide bonds. The van der Waals surface area contributed by atoms with Gasteiger partial charge in [-0.3, -0.25) is 0 Å². The van der Waals surface area contributed by atoms with Gasteiger partial charge in [0.2, 0.25) is 0 Å². The third-order valence-corrected chi connectivity index (χ3v) is 2.87. The van der Waals surface area contributed by atoms with Gasteiger partial charge in [-0.1, -0.05) is 26.8 Å². The molecule has 0 aliphatic rings. The minimum atomic E-state index is -0.931. The zero-order valence-corrected chi connectivity index (χ0v) is 12.5. The van der Waals surface area contributed by atoms with Crippen LogP contribution in [-0.4, -0.2) is 17.0 Å². The van der Waals surface area contributed by atoms with Crippen molar-refractivity contribution in [1.82, 2.24) is 9.97 Å². The number of benzene rings is 1. The molecule has 0 atom stereocenters. The first-order chi connectivity index (χ1) is 9.81. The first kappa shape index (κ1) is 15.2. The lowest BCUT2D eigenvalue weighted by molar-refractivity contribution is 0.511. The van der Waals surface area contributed by atoms with E-state index in [4.69, 9.17) is 0 Å². The van der Waals surface area contributed by atoms with Gasteiger partial charge in [-0.2, -0.15) is 0 Å². The third kappa shape index (κ3) is 3.45. The fourth-order valence-electron chi connectivity index (χ4n) is 1.71. The molecule has 0 aliphatic carbocycles. The quantitative estimate of drug-likeness (QED) is 0.902. The molecular formula is C15H18F2N4. The minimum absolute atomic E-state index is 0.0376. The van der Waals surface area contributed by atoms with Crippen molar-refractivity contribution in [3.8, 4) is 0 Å². The van der Waals surface area contributed by atoms with Crippen LogP contribution in [0.4, 0.5) is 26.1 Å². The molecule has 0 aliphatic heterocycles. The molecule has 112 valence electrons. The van der Waals surface area contributed by atoms with Crippen molar-refractivity contribution in [2.45, 2.75) is 26.2 Å². The highest BCUT2D eigenvalue weighted by Gasteiger charge is 2.19. The summed E-state index contributed by atoms with van der Waals surface area (Å²) in [6.45, 7) is 5.94. The van der Waals surface area contributed by atoms with E-state index < -0.39 is 11.6 Å². The number of rotatable bonds is 3. The first-order valence-corrected chi connectivity index (χ1v) is 6.59. The summed E-state index contributed by atoms with van der Waals surface area (Å²) in [5.74, 6) is -0.218. The van der Waals surface area contributed by atoms with Crippen LogP contribution in [0.1, 0.15) is 26.6 Å². The van der Waals surface area contributed by atoms with Crippen LogP contribution in [0.15, 0.2) is 24.3 Å². The van der Waals surface area contributed by atoms with Crippen molar-refractivity contribution in [3.63, 3.8) is 0 Å². The maximum Gasteiger partial charge on any atom is 0.182 e. The summed E-state index contributed by atoms with van der Waals surface area (Å²) in [5, 5.41) is 5.73. The van der Waals surface area contributed by atoms with Crippen molar-refractivity contribution in [3.05, 3.63) is 41.7 Å². The predicted octanol–water partition coefficient (Wildman–Crippen LogP) is 3.84. The monoisotopic (exact) mass is 292 g/mol. The van der Waals surface area contributed by atoms with Gasteiger partial charge in [0.1, 0.15) is 17.5 Å². The van der Waals surface area contributed by atoms with E-state index in [1.807, 2.05) is 20.8 Å². The van der Waals surface area contributed by atoms with Crippen LogP contribution in [0.5, 0.6) is 0 Å². The highest BCUT2D eigenvalue weighted by atomic mass is 19.2. The maximum atomic E-state index is 13.7. The Bertz CT molecular complexity index is 651. The average Bonchev–Trinajstić information content (AvgIpc) is 2.42. The van der Waals surface area contributed by atoms with Crippen LogP contribution < -0.4 is 10.6 Å². The Hall–Kier alpha value is -2.24. The normalized spacial score (nSPS) is 11.3. The maximum absolute atomic E-state index is 13.7. The third-order valence-electron chi connectivity index (χ3n) is 2.87. The van der Waals surface area contributed by atoms with Crippen molar-refractivity contribution < 1.29 is 8.78 Å². The summed E-state index contributed by atoms with van der Waals surface area (Å²) in [4.78, 5) is 8.74. The molecule has 0 spiro atoms. The molecule has 2 N–H and O–H groups in total. The lowest BCUT2D eigenvalue weighted by Crippen LogP contribution is -2.17. The van der Waals surface area contributed by atoms with E-state index in [1.54, 1.807) is 13.1 Å². The first-order valence-electron chi connectivity index (χ1n) is 6.59. The number of halogens is 2. The molecule has 1 aromatic carbocycles. The van der Waals surface area contributed by atoms with Crippen LogP contribution in [0, 0.1) is 11.6 Å². The molecule has 0 fully saturated rings. The second kappa shape index (κ2) is 5.63. The minimum Gasteiger partial charge on any atom is -0.373 e. The Labute approximate surface area is 122 Å². The van der Waals surface area contributed by atoms with E-state index >= 15 is 0 Å². The van der Waals surface area contributed by atoms with Crippen LogP contribution in [0.3, 0.4) is 0 Å². The van der Waals surface area contributed by atoms with Gasteiger partial charge in [0.25, 0.3) is 0 Å². The van der Waals surface area contributed by atoms with Crippen molar-refractivity contribution in [2.75, 3.05) is 17.7 Å². The summed E-state index contributed by atoms with van der Waals surface area (Å²) < 4.78 is 26.9. The van der Waals surface area contributed by atoms with Crippen molar-refractivity contribution in [2.24, 2.45) is 0 Å². The highest BCUT2D eigenvalue weighted by Crippen LogP contribution is 2.25. The number of anilines is 3. The molecule has 0 radical (unpaired) electrons. The smallest absolute Gasteiger partial charge is 0.182 e. The second-order valence-electron chi connectivity index (χ2n) is 5.69. The molecule has 1 heterocycles. The van der Waals surface area contributed by atoms with Gasteiger partial charge in [-0.15, -0.1) is 0 Å². The Morgan fingerprint density at radius 3 is 2.33 bits per heavy atom. The SMILES string of the molecule is CNc1cc(Nc2cccc(F)c2F)nc(C(C)(C)C)n1. The Balaban J connectivity index is 2.42. The predicted molar refractivity (Wildman–Crippen MR) is 79.9 cm³/mol. The molecule has 0 bridgehead atoms. The largest absolute Gasteiger partial charge is 0.373 e. The molecule has 0 unspecified atom stereocenters. The Morgan fingerprint density at radius 1 is 1.05 bits per heavy atom. The molecule has 2 rings (SSSR count). The summed E-state index contributed by atoms with van der Waals surface area (Å²) in [5.41, 5.74) is -0.223. The molecule has 1 aromatic heterocycles. The lowest BCUT2D eigenvalue weighted by Gasteiger charge is -2.19. The zero-order chi connectivity index (χ0) is 15.6. The Kier molecular flexibility index (Phi) is 4.06. The van der Waals surface area contributed by atoms with Gasteiger partial charge in [-0.05, 0) is 12.1 Å². The lowest BCUT2D eigenvalue weighted by atomic mass is 9.96. The molecule has 21 heavy (non-hydrogen) atoms. The van der Waals surface area contributed by atoms with Gasteiger partial charge >= 0.3 is 0 Å². The molecule has 4 nitrogen and oxygen atoms in total. The number of aromatic nitrogens is 2. The van der Waals surface area contributed by atoms with Crippen LogP contribution in [0.25, 0.3) is 0 Å². The van der Waals surface area contributed by atoms with E-state index in [-0.39, 0.29) is 11.1 Å². The average molecular weight is 292 g/mol. The number of hydrogen-bond donors (Lipinski definition) is 2. The number of hydrogen-bond acceptors (Lipinski definition) is 4. The van der Waals surface area contributed by atoms with E-state index in [1.165, 1.54) is 12.1 Å².